The van der Waals surface area contributed by atoms with Crippen LogP contribution >= 0.6 is 17.0 Å². The van der Waals surface area contributed by atoms with Crippen molar-refractivity contribution in [3.05, 3.63) is 45.6 Å². The van der Waals surface area contributed by atoms with Gasteiger partial charge in [0.1, 0.15) is 0 Å². The summed E-state index contributed by atoms with van der Waals surface area (Å²) in [5.74, 6) is 0.616. The summed E-state index contributed by atoms with van der Waals surface area (Å²) < 4.78 is 0. The first kappa shape index (κ1) is 22.4. The molecule has 2 aliphatic rings. The van der Waals surface area contributed by atoms with E-state index in [4.69, 9.17) is 17.0 Å². The number of allylic oxidation sites excluding steroid dienone is 8. The van der Waals surface area contributed by atoms with Gasteiger partial charge in [-0.2, -0.15) is 16.7 Å². The van der Waals surface area contributed by atoms with Crippen LogP contribution in [0.1, 0.15) is 67.7 Å². The Labute approximate surface area is 156 Å². The monoisotopic (exact) mass is 416 g/mol. The molecule has 0 radical (unpaired) electrons. The third-order valence-corrected chi connectivity index (χ3v) is 4.25. The maximum atomic E-state index is 4.93. The van der Waals surface area contributed by atoms with E-state index < -0.39 is 20.8 Å². The molecule has 0 amide bonds. The summed E-state index contributed by atoms with van der Waals surface area (Å²) in [6, 6.07) is 0. The van der Waals surface area contributed by atoms with Crippen molar-refractivity contribution < 1.29 is 20.8 Å². The molecule has 0 bridgehead atoms. The maximum absolute atomic E-state index is 4.93. The molecule has 122 valence electrons. The van der Waals surface area contributed by atoms with Gasteiger partial charge in [0.15, 0.2) is 0 Å². The molecule has 22 heavy (non-hydrogen) atoms. The SMILES string of the molecule is CC1=[C-]C(C)=C(C)C1.CCC1=[C-]C(CC)C(C)=C1C.[Cl][Zr+2][Cl]. The van der Waals surface area contributed by atoms with Crippen LogP contribution in [0.25, 0.3) is 0 Å². The summed E-state index contributed by atoms with van der Waals surface area (Å²) >= 11 is -0.826. The van der Waals surface area contributed by atoms with Gasteiger partial charge in [-0.1, -0.05) is 59.8 Å². The second-order valence-electron chi connectivity index (χ2n) is 5.80. The molecule has 0 aromatic carbocycles. The molecule has 0 saturated carbocycles. The minimum atomic E-state index is -0.826. The van der Waals surface area contributed by atoms with Crippen LogP contribution in [-0.4, -0.2) is 0 Å². The molecule has 0 N–H and O–H groups in total. The van der Waals surface area contributed by atoms with Gasteiger partial charge in [0, 0.05) is 0 Å². The van der Waals surface area contributed by atoms with E-state index in [0.717, 1.165) is 12.8 Å². The van der Waals surface area contributed by atoms with Crippen molar-refractivity contribution >= 4 is 17.0 Å². The zero-order valence-corrected chi connectivity index (χ0v) is 18.9. The molecular weight excluding hydrogens is 390 g/mol. The molecule has 0 aliphatic heterocycles. The molecule has 0 spiro atoms. The Hall–Kier alpha value is 0.423. The van der Waals surface area contributed by atoms with Crippen LogP contribution in [0.3, 0.4) is 0 Å². The summed E-state index contributed by atoms with van der Waals surface area (Å²) in [7, 11) is 9.87. The first-order valence-corrected chi connectivity index (χ1v) is 14.2. The van der Waals surface area contributed by atoms with E-state index in [1.165, 1.54) is 39.9 Å². The predicted molar refractivity (Wildman–Crippen MR) is 96.3 cm³/mol. The molecule has 0 saturated heterocycles. The van der Waals surface area contributed by atoms with Crippen molar-refractivity contribution in [2.75, 3.05) is 0 Å². The van der Waals surface area contributed by atoms with Crippen molar-refractivity contribution in [2.24, 2.45) is 5.92 Å². The van der Waals surface area contributed by atoms with Gasteiger partial charge < -0.3 is 0 Å². The van der Waals surface area contributed by atoms with Crippen molar-refractivity contribution in [3.63, 3.8) is 0 Å². The number of hydrogen-bond donors (Lipinski definition) is 0. The Balaban J connectivity index is 0.000000352. The third-order valence-electron chi connectivity index (χ3n) is 4.25. The van der Waals surface area contributed by atoms with Gasteiger partial charge in [0.25, 0.3) is 0 Å². The molecule has 2 rings (SSSR count). The zero-order valence-electron chi connectivity index (χ0n) is 15.0. The van der Waals surface area contributed by atoms with Gasteiger partial charge in [0.05, 0.1) is 0 Å². The first-order valence-electron chi connectivity index (χ1n) is 7.84. The van der Waals surface area contributed by atoms with Crippen LogP contribution in [0.2, 0.25) is 0 Å². The normalized spacial score (nSPS) is 19.8. The summed E-state index contributed by atoms with van der Waals surface area (Å²) in [4.78, 5) is 0. The topological polar surface area (TPSA) is 0 Å². The molecule has 0 aromatic rings. The third kappa shape index (κ3) is 7.33. The molecule has 0 nitrogen and oxygen atoms in total. The molecular formula is C19H28Cl2Zr. The molecule has 2 aliphatic carbocycles. The van der Waals surface area contributed by atoms with Gasteiger partial charge in [-0.25, -0.2) is 22.8 Å². The average Bonchev–Trinajstić information content (AvgIpc) is 2.91. The molecule has 0 heterocycles. The Kier molecular flexibility index (Phi) is 12.1. The minimum absolute atomic E-state index is 0.616. The van der Waals surface area contributed by atoms with Crippen LogP contribution in [0.4, 0.5) is 0 Å². The quantitative estimate of drug-likeness (QED) is 0.411. The van der Waals surface area contributed by atoms with E-state index in [1.54, 1.807) is 0 Å². The summed E-state index contributed by atoms with van der Waals surface area (Å²) in [6.45, 7) is 15.3. The number of halogens is 2. The fraction of sp³-hybridized carbons (Fsp3) is 0.579. The number of hydrogen-bond acceptors (Lipinski definition) is 0. The summed E-state index contributed by atoms with van der Waals surface area (Å²) in [5.41, 5.74) is 8.64. The molecule has 1 atom stereocenters. The van der Waals surface area contributed by atoms with Crippen LogP contribution in [0.15, 0.2) is 33.4 Å². The van der Waals surface area contributed by atoms with Gasteiger partial charge >= 0.3 is 37.9 Å². The van der Waals surface area contributed by atoms with Gasteiger partial charge in [-0.05, 0) is 0 Å². The fourth-order valence-electron chi connectivity index (χ4n) is 2.70. The summed E-state index contributed by atoms with van der Waals surface area (Å²) in [6.07, 6.45) is 10.3. The summed E-state index contributed by atoms with van der Waals surface area (Å²) in [5, 5.41) is 0. The predicted octanol–water partition coefficient (Wildman–Crippen LogP) is 7.35. The van der Waals surface area contributed by atoms with Crippen LogP contribution in [0, 0.1) is 18.1 Å². The molecule has 1 unspecified atom stereocenters. The van der Waals surface area contributed by atoms with E-state index >= 15 is 0 Å². The Morgan fingerprint density at radius 1 is 1.09 bits per heavy atom. The van der Waals surface area contributed by atoms with Crippen molar-refractivity contribution in [3.8, 4) is 0 Å². The van der Waals surface area contributed by atoms with Crippen molar-refractivity contribution in [2.45, 2.75) is 67.7 Å². The van der Waals surface area contributed by atoms with Gasteiger partial charge in [0.2, 0.25) is 0 Å². The van der Waals surface area contributed by atoms with E-state index in [0.29, 0.717) is 5.92 Å². The van der Waals surface area contributed by atoms with Crippen molar-refractivity contribution in [1.82, 2.24) is 0 Å². The Morgan fingerprint density at radius 3 is 1.82 bits per heavy atom. The standard InChI is InChI=1S/C11H17.C8H11.2ClH.Zr/c1-5-10-7-11(6-2)9(4)8(10)3;1-6-4-7(2)8(3)5-6;;;/h10H,5-6H2,1-4H3;4H2,1-3H3;2*1H;/q2*-1;;;+4/p-2. The van der Waals surface area contributed by atoms with Crippen LogP contribution in [-0.2, 0) is 20.8 Å². The Bertz CT molecular complexity index is 482. The van der Waals surface area contributed by atoms with E-state index in [2.05, 4.69) is 60.6 Å². The van der Waals surface area contributed by atoms with Crippen LogP contribution in [0.5, 0.6) is 0 Å². The van der Waals surface area contributed by atoms with Gasteiger partial charge in [-0.15, -0.1) is 13.8 Å². The molecule has 3 heteroatoms. The fourth-order valence-corrected chi connectivity index (χ4v) is 2.70. The average molecular weight is 419 g/mol. The first-order chi connectivity index (χ1) is 10.3. The van der Waals surface area contributed by atoms with Gasteiger partial charge in [-0.3, -0.25) is 6.08 Å². The van der Waals surface area contributed by atoms with E-state index in [-0.39, 0.29) is 0 Å². The number of rotatable bonds is 2. The van der Waals surface area contributed by atoms with E-state index in [9.17, 15) is 0 Å². The second-order valence-corrected chi connectivity index (χ2v) is 9.54. The Morgan fingerprint density at radius 2 is 1.64 bits per heavy atom. The van der Waals surface area contributed by atoms with E-state index in [1.807, 2.05) is 0 Å². The zero-order chi connectivity index (χ0) is 17.3. The van der Waals surface area contributed by atoms with Crippen molar-refractivity contribution in [1.29, 1.82) is 0 Å². The molecule has 0 aromatic heterocycles. The molecule has 0 fully saturated rings. The van der Waals surface area contributed by atoms with Crippen LogP contribution < -0.4 is 0 Å². The second kappa shape index (κ2) is 11.9.